The molecule has 0 saturated carbocycles. The summed E-state index contributed by atoms with van der Waals surface area (Å²) < 4.78 is 0. The van der Waals surface area contributed by atoms with E-state index in [4.69, 9.17) is 5.11 Å². The van der Waals surface area contributed by atoms with Crippen molar-refractivity contribution in [2.24, 2.45) is 0 Å². The van der Waals surface area contributed by atoms with Crippen LogP contribution in [0, 0.1) is 0 Å². The molecule has 0 heterocycles. The Balaban J connectivity index is 2.42. The van der Waals surface area contributed by atoms with Crippen LogP contribution in [0.4, 0.5) is 4.79 Å². The van der Waals surface area contributed by atoms with Gasteiger partial charge in [0.15, 0.2) is 0 Å². The van der Waals surface area contributed by atoms with Crippen molar-refractivity contribution in [2.75, 3.05) is 6.61 Å². The van der Waals surface area contributed by atoms with Gasteiger partial charge >= 0.3 is 6.03 Å². The largest absolute Gasteiger partial charge is 0.396 e. The van der Waals surface area contributed by atoms with Crippen molar-refractivity contribution in [3.63, 3.8) is 0 Å². The number of aliphatic hydroxyl groups is 1. The molecule has 0 fully saturated rings. The van der Waals surface area contributed by atoms with E-state index < -0.39 is 0 Å². The van der Waals surface area contributed by atoms with Crippen molar-refractivity contribution in [2.45, 2.75) is 39.3 Å². The maximum Gasteiger partial charge on any atom is 0.315 e. The molecular weight excluding hydrogens is 228 g/mol. The predicted molar refractivity (Wildman–Crippen MR) is 72.4 cm³/mol. The van der Waals surface area contributed by atoms with E-state index in [0.717, 1.165) is 12.0 Å². The number of urea groups is 1. The van der Waals surface area contributed by atoms with Crippen LogP contribution in [-0.2, 0) is 13.0 Å². The molecule has 4 nitrogen and oxygen atoms in total. The van der Waals surface area contributed by atoms with E-state index in [2.05, 4.69) is 23.6 Å². The molecule has 2 amide bonds. The summed E-state index contributed by atoms with van der Waals surface area (Å²) in [6.07, 6.45) is 1.53. The van der Waals surface area contributed by atoms with Gasteiger partial charge in [0.1, 0.15) is 0 Å². The number of rotatable bonds is 6. The van der Waals surface area contributed by atoms with E-state index in [0.29, 0.717) is 13.0 Å². The summed E-state index contributed by atoms with van der Waals surface area (Å²) in [5.41, 5.74) is 2.39. The molecule has 0 bridgehead atoms. The summed E-state index contributed by atoms with van der Waals surface area (Å²) in [7, 11) is 0. The molecule has 18 heavy (non-hydrogen) atoms. The molecule has 100 valence electrons. The fraction of sp³-hybridized carbons (Fsp3) is 0.500. The highest BCUT2D eigenvalue weighted by Crippen LogP contribution is 2.08. The highest BCUT2D eigenvalue weighted by molar-refractivity contribution is 5.74. The minimum Gasteiger partial charge on any atom is -0.396 e. The zero-order chi connectivity index (χ0) is 13.4. The lowest BCUT2D eigenvalue weighted by Crippen LogP contribution is -2.40. The minimum atomic E-state index is -0.193. The Morgan fingerprint density at radius 3 is 2.61 bits per heavy atom. The van der Waals surface area contributed by atoms with Crippen LogP contribution in [0.25, 0.3) is 0 Å². The second-order valence-electron chi connectivity index (χ2n) is 4.36. The molecule has 4 heteroatoms. The van der Waals surface area contributed by atoms with Gasteiger partial charge in [-0.1, -0.05) is 31.2 Å². The zero-order valence-electron chi connectivity index (χ0n) is 11.1. The molecule has 0 radical (unpaired) electrons. The summed E-state index contributed by atoms with van der Waals surface area (Å²) in [6, 6.07) is 7.87. The maximum atomic E-state index is 11.6. The number of aryl methyl sites for hydroxylation is 1. The van der Waals surface area contributed by atoms with Crippen molar-refractivity contribution in [1.29, 1.82) is 0 Å². The predicted octanol–water partition coefficient (Wildman–Crippen LogP) is 1.82. The van der Waals surface area contributed by atoms with Crippen LogP contribution < -0.4 is 10.6 Å². The number of hydrogen-bond donors (Lipinski definition) is 3. The lowest BCUT2D eigenvalue weighted by Gasteiger charge is -2.14. The van der Waals surface area contributed by atoms with Crippen molar-refractivity contribution < 1.29 is 9.90 Å². The summed E-state index contributed by atoms with van der Waals surface area (Å²) >= 11 is 0. The van der Waals surface area contributed by atoms with Crippen molar-refractivity contribution in [1.82, 2.24) is 10.6 Å². The van der Waals surface area contributed by atoms with Gasteiger partial charge in [0.2, 0.25) is 0 Å². The molecule has 0 aliphatic carbocycles. The van der Waals surface area contributed by atoms with E-state index in [1.54, 1.807) is 0 Å². The topological polar surface area (TPSA) is 61.4 Å². The Bertz CT molecular complexity index is 380. The quantitative estimate of drug-likeness (QED) is 0.721. The molecule has 1 atom stereocenters. The third-order valence-electron chi connectivity index (χ3n) is 2.88. The molecule has 3 N–H and O–H groups in total. The Hall–Kier alpha value is -1.55. The summed E-state index contributed by atoms with van der Waals surface area (Å²) in [5, 5.41) is 14.4. The zero-order valence-corrected chi connectivity index (χ0v) is 11.1. The third kappa shape index (κ3) is 4.75. The van der Waals surface area contributed by atoms with Gasteiger partial charge in [-0.25, -0.2) is 4.79 Å². The Morgan fingerprint density at radius 2 is 2.00 bits per heavy atom. The lowest BCUT2D eigenvalue weighted by molar-refractivity contribution is 0.230. The first kappa shape index (κ1) is 14.5. The Morgan fingerprint density at radius 1 is 1.33 bits per heavy atom. The van der Waals surface area contributed by atoms with Gasteiger partial charge < -0.3 is 15.7 Å². The number of amides is 2. The standard InChI is InChI=1S/C14H22N2O2/c1-3-12-6-4-5-7-13(12)10-15-14(18)16-11(2)8-9-17/h4-7,11,17H,3,8-10H2,1-2H3,(H2,15,16,18)/t11-/m1/s1. The van der Waals surface area contributed by atoms with Crippen LogP contribution in [0.2, 0.25) is 0 Å². The number of hydrogen-bond acceptors (Lipinski definition) is 2. The van der Waals surface area contributed by atoms with Gasteiger partial charge in [-0.2, -0.15) is 0 Å². The number of aliphatic hydroxyl groups excluding tert-OH is 1. The molecule has 0 unspecified atom stereocenters. The van der Waals surface area contributed by atoms with Crippen molar-refractivity contribution >= 4 is 6.03 Å². The first-order chi connectivity index (χ1) is 8.67. The fourth-order valence-electron chi connectivity index (χ4n) is 1.79. The van der Waals surface area contributed by atoms with Crippen LogP contribution in [0.3, 0.4) is 0 Å². The molecule has 1 rings (SSSR count). The van der Waals surface area contributed by atoms with Gasteiger partial charge in [0.25, 0.3) is 0 Å². The van der Waals surface area contributed by atoms with E-state index in [1.165, 1.54) is 5.56 Å². The Labute approximate surface area is 108 Å². The second-order valence-corrected chi connectivity index (χ2v) is 4.36. The highest BCUT2D eigenvalue weighted by Gasteiger charge is 2.06. The summed E-state index contributed by atoms with van der Waals surface area (Å²) in [4.78, 5) is 11.6. The third-order valence-corrected chi connectivity index (χ3v) is 2.88. The van der Waals surface area contributed by atoms with Gasteiger partial charge in [0.05, 0.1) is 0 Å². The van der Waals surface area contributed by atoms with Crippen LogP contribution in [0.1, 0.15) is 31.4 Å². The molecule has 1 aromatic carbocycles. The van der Waals surface area contributed by atoms with Crippen LogP contribution in [-0.4, -0.2) is 23.8 Å². The summed E-state index contributed by atoms with van der Waals surface area (Å²) in [5.74, 6) is 0. The summed E-state index contributed by atoms with van der Waals surface area (Å²) in [6.45, 7) is 4.58. The number of carbonyl (C=O) groups is 1. The minimum absolute atomic E-state index is 0.0172. The average molecular weight is 250 g/mol. The number of nitrogens with one attached hydrogen (secondary N) is 2. The van der Waals surface area contributed by atoms with E-state index in [9.17, 15) is 4.79 Å². The van der Waals surface area contributed by atoms with Crippen LogP contribution in [0.5, 0.6) is 0 Å². The van der Waals surface area contributed by atoms with Crippen molar-refractivity contribution in [3.05, 3.63) is 35.4 Å². The lowest BCUT2D eigenvalue weighted by atomic mass is 10.1. The van der Waals surface area contributed by atoms with E-state index >= 15 is 0 Å². The molecular formula is C14H22N2O2. The SMILES string of the molecule is CCc1ccccc1CNC(=O)N[C@H](C)CCO. The smallest absolute Gasteiger partial charge is 0.315 e. The van der Waals surface area contributed by atoms with Gasteiger partial charge in [-0.15, -0.1) is 0 Å². The van der Waals surface area contributed by atoms with Crippen LogP contribution in [0.15, 0.2) is 24.3 Å². The molecule has 1 aromatic rings. The molecule has 0 aliphatic heterocycles. The maximum absolute atomic E-state index is 11.6. The normalized spacial score (nSPS) is 11.9. The second kappa shape index (κ2) is 7.71. The first-order valence-electron chi connectivity index (χ1n) is 6.39. The average Bonchev–Trinajstić information content (AvgIpc) is 2.37. The van der Waals surface area contributed by atoms with Crippen molar-refractivity contribution in [3.8, 4) is 0 Å². The van der Waals surface area contributed by atoms with Gasteiger partial charge in [-0.3, -0.25) is 0 Å². The van der Waals surface area contributed by atoms with E-state index in [1.807, 2.05) is 25.1 Å². The van der Waals surface area contributed by atoms with E-state index in [-0.39, 0.29) is 18.7 Å². The molecule has 0 saturated heterocycles. The molecule has 0 aliphatic rings. The highest BCUT2D eigenvalue weighted by atomic mass is 16.3. The monoisotopic (exact) mass is 250 g/mol. The number of benzene rings is 1. The van der Waals surface area contributed by atoms with Gasteiger partial charge in [0, 0.05) is 19.2 Å². The molecule has 0 spiro atoms. The molecule has 0 aromatic heterocycles. The van der Waals surface area contributed by atoms with Crippen LogP contribution >= 0.6 is 0 Å². The fourth-order valence-corrected chi connectivity index (χ4v) is 1.79. The first-order valence-corrected chi connectivity index (χ1v) is 6.39. The number of carbonyl (C=O) groups excluding carboxylic acids is 1. The van der Waals surface area contributed by atoms with Gasteiger partial charge in [-0.05, 0) is 30.9 Å². The Kier molecular flexibility index (Phi) is 6.22.